The van der Waals surface area contributed by atoms with Crippen LogP contribution in [-0.2, 0) is 6.18 Å². The van der Waals surface area contributed by atoms with Crippen LogP contribution in [0.15, 0.2) is 40.5 Å². The van der Waals surface area contributed by atoms with E-state index in [1.165, 1.54) is 18.3 Å². The Hall–Kier alpha value is -2.16. The molecule has 0 spiro atoms. The van der Waals surface area contributed by atoms with Gasteiger partial charge in [-0.2, -0.15) is 13.2 Å². The van der Waals surface area contributed by atoms with Gasteiger partial charge in [-0.15, -0.1) is 10.2 Å². The predicted octanol–water partition coefficient (Wildman–Crippen LogP) is 2.74. The van der Waals surface area contributed by atoms with Crippen molar-refractivity contribution in [3.63, 3.8) is 0 Å². The van der Waals surface area contributed by atoms with Gasteiger partial charge in [0.05, 0.1) is 5.56 Å². The molecule has 20 heavy (non-hydrogen) atoms. The molecule has 0 aliphatic carbocycles. The minimum absolute atomic E-state index is 0.0563. The molecule has 9 heteroatoms. The normalized spacial score (nSPS) is 11.3. The Morgan fingerprint density at radius 3 is 2.50 bits per heavy atom. The van der Waals surface area contributed by atoms with Crippen LogP contribution in [0.1, 0.15) is 16.1 Å². The molecule has 0 saturated heterocycles. The fourth-order valence-corrected chi connectivity index (χ4v) is 2.05. The molecule has 2 heterocycles. The number of carbonyl (C=O) groups is 1. The van der Waals surface area contributed by atoms with Gasteiger partial charge in [0.1, 0.15) is 10.1 Å². The summed E-state index contributed by atoms with van der Waals surface area (Å²) >= 11 is 0.829. The molecule has 5 nitrogen and oxygen atoms in total. The van der Waals surface area contributed by atoms with E-state index >= 15 is 0 Å². The summed E-state index contributed by atoms with van der Waals surface area (Å²) in [5, 5.41) is 15.7. The summed E-state index contributed by atoms with van der Waals surface area (Å²) in [4.78, 5) is 14.8. The maximum atomic E-state index is 12.3. The fourth-order valence-electron chi connectivity index (χ4n) is 1.26. The zero-order valence-corrected chi connectivity index (χ0v) is 10.4. The Morgan fingerprint density at radius 2 is 1.95 bits per heavy atom. The number of alkyl halides is 3. The number of aromatic nitrogens is 3. The number of pyridine rings is 1. The van der Waals surface area contributed by atoms with Crippen molar-refractivity contribution in [3.05, 3.63) is 41.7 Å². The van der Waals surface area contributed by atoms with E-state index in [2.05, 4.69) is 15.2 Å². The number of hydrogen-bond acceptors (Lipinski definition) is 5. The first-order valence-electron chi connectivity index (χ1n) is 5.15. The summed E-state index contributed by atoms with van der Waals surface area (Å²) in [5.41, 5.74) is -1.17. The number of carboxylic acid groups (broad SMARTS) is 1. The molecule has 0 aliphatic rings. The van der Waals surface area contributed by atoms with Crippen LogP contribution in [0, 0.1) is 0 Å². The molecule has 2 aromatic rings. The minimum Gasteiger partial charge on any atom is -0.478 e. The van der Waals surface area contributed by atoms with Crippen LogP contribution in [0.4, 0.5) is 13.2 Å². The maximum absolute atomic E-state index is 12.3. The van der Waals surface area contributed by atoms with E-state index in [9.17, 15) is 18.0 Å². The van der Waals surface area contributed by atoms with Gasteiger partial charge in [-0.05, 0) is 36.0 Å². The first kappa shape index (κ1) is 14.3. The topological polar surface area (TPSA) is 76.0 Å². The molecule has 0 atom stereocenters. The summed E-state index contributed by atoms with van der Waals surface area (Å²) in [6, 6.07) is 4.68. The molecule has 2 aromatic heterocycles. The quantitative estimate of drug-likeness (QED) is 0.939. The van der Waals surface area contributed by atoms with Crippen LogP contribution in [0.5, 0.6) is 0 Å². The van der Waals surface area contributed by atoms with Gasteiger partial charge in [-0.1, -0.05) is 0 Å². The molecule has 0 fully saturated rings. The van der Waals surface area contributed by atoms with Crippen molar-refractivity contribution >= 4 is 17.7 Å². The third-order valence-corrected chi connectivity index (χ3v) is 3.08. The first-order valence-corrected chi connectivity index (χ1v) is 5.96. The Bertz CT molecular complexity index is 632. The average molecular weight is 301 g/mol. The zero-order chi connectivity index (χ0) is 14.8. The summed E-state index contributed by atoms with van der Waals surface area (Å²) in [6.45, 7) is 0. The summed E-state index contributed by atoms with van der Waals surface area (Å²) in [5.74, 6) is -1.18. The molecule has 1 N–H and O–H groups in total. The highest BCUT2D eigenvalue weighted by Crippen LogP contribution is 2.30. The van der Waals surface area contributed by atoms with Gasteiger partial charge >= 0.3 is 12.1 Å². The number of aromatic carboxylic acids is 1. The van der Waals surface area contributed by atoms with E-state index in [0.29, 0.717) is 0 Å². The Labute approximate surface area is 114 Å². The molecular formula is C11H6F3N3O2S. The van der Waals surface area contributed by atoms with E-state index < -0.39 is 17.8 Å². The van der Waals surface area contributed by atoms with Crippen molar-refractivity contribution in [2.45, 2.75) is 16.2 Å². The molecule has 0 unspecified atom stereocenters. The van der Waals surface area contributed by atoms with Gasteiger partial charge in [-0.25, -0.2) is 9.78 Å². The average Bonchev–Trinajstić information content (AvgIpc) is 2.38. The predicted molar refractivity (Wildman–Crippen MR) is 62.4 cm³/mol. The summed E-state index contributed by atoms with van der Waals surface area (Å²) in [6.07, 6.45) is -3.18. The number of rotatable bonds is 3. The van der Waals surface area contributed by atoms with E-state index in [0.717, 1.165) is 23.9 Å². The molecule has 2 rings (SSSR count). The van der Waals surface area contributed by atoms with Crippen LogP contribution in [-0.4, -0.2) is 26.3 Å². The summed E-state index contributed by atoms with van der Waals surface area (Å²) in [7, 11) is 0. The van der Waals surface area contributed by atoms with Gasteiger partial charge in [-0.3, -0.25) is 0 Å². The fraction of sp³-hybridized carbons (Fsp3) is 0.0909. The Kier molecular flexibility index (Phi) is 3.89. The zero-order valence-electron chi connectivity index (χ0n) is 9.63. The molecule has 0 aromatic carbocycles. The van der Waals surface area contributed by atoms with Gasteiger partial charge in [0, 0.05) is 6.20 Å². The van der Waals surface area contributed by atoms with Crippen molar-refractivity contribution < 1.29 is 23.1 Å². The standard InChI is InChI=1S/C11H6F3N3O2S/c12-11(13,14)7-3-4-8(17-16-7)20-9-6(10(18)19)2-1-5-15-9/h1-5H,(H,18,19). The Balaban J connectivity index is 2.25. The van der Waals surface area contributed by atoms with Crippen LogP contribution < -0.4 is 0 Å². The molecule has 0 bridgehead atoms. The molecule has 104 valence electrons. The second kappa shape index (κ2) is 5.45. The maximum Gasteiger partial charge on any atom is 0.435 e. The van der Waals surface area contributed by atoms with Crippen LogP contribution >= 0.6 is 11.8 Å². The molecule has 0 saturated carbocycles. The van der Waals surface area contributed by atoms with E-state index in [-0.39, 0.29) is 15.6 Å². The second-order valence-corrected chi connectivity index (χ2v) is 4.53. The van der Waals surface area contributed by atoms with Crippen LogP contribution in [0.25, 0.3) is 0 Å². The largest absolute Gasteiger partial charge is 0.478 e. The van der Waals surface area contributed by atoms with Crippen LogP contribution in [0.2, 0.25) is 0 Å². The number of nitrogens with zero attached hydrogens (tertiary/aromatic N) is 3. The lowest BCUT2D eigenvalue weighted by Crippen LogP contribution is -2.09. The third kappa shape index (κ3) is 3.23. The lowest BCUT2D eigenvalue weighted by molar-refractivity contribution is -0.141. The highest BCUT2D eigenvalue weighted by Gasteiger charge is 2.32. The molecule has 0 amide bonds. The number of carboxylic acids is 1. The summed E-state index contributed by atoms with van der Waals surface area (Å²) < 4.78 is 37.0. The van der Waals surface area contributed by atoms with E-state index in [1.807, 2.05) is 0 Å². The highest BCUT2D eigenvalue weighted by atomic mass is 32.2. The molecular weight excluding hydrogens is 295 g/mol. The molecule has 0 aliphatic heterocycles. The molecule has 0 radical (unpaired) electrons. The van der Waals surface area contributed by atoms with Gasteiger partial charge in [0.15, 0.2) is 5.69 Å². The van der Waals surface area contributed by atoms with Crippen molar-refractivity contribution in [3.8, 4) is 0 Å². The number of hydrogen-bond donors (Lipinski definition) is 1. The second-order valence-electron chi connectivity index (χ2n) is 3.52. The van der Waals surface area contributed by atoms with E-state index in [1.54, 1.807) is 0 Å². The van der Waals surface area contributed by atoms with Crippen LogP contribution in [0.3, 0.4) is 0 Å². The monoisotopic (exact) mass is 301 g/mol. The van der Waals surface area contributed by atoms with Gasteiger partial charge in [0.2, 0.25) is 0 Å². The first-order chi connectivity index (χ1) is 9.38. The SMILES string of the molecule is O=C(O)c1cccnc1Sc1ccc(C(F)(F)F)nn1. The lowest BCUT2D eigenvalue weighted by atomic mass is 10.3. The third-order valence-electron chi connectivity index (χ3n) is 2.13. The number of halogens is 3. The van der Waals surface area contributed by atoms with Gasteiger partial charge in [0.25, 0.3) is 0 Å². The van der Waals surface area contributed by atoms with Crippen molar-refractivity contribution in [2.75, 3.05) is 0 Å². The Morgan fingerprint density at radius 1 is 1.20 bits per heavy atom. The van der Waals surface area contributed by atoms with E-state index in [4.69, 9.17) is 5.11 Å². The minimum atomic E-state index is -4.56. The van der Waals surface area contributed by atoms with Crippen molar-refractivity contribution in [2.24, 2.45) is 0 Å². The van der Waals surface area contributed by atoms with Crippen molar-refractivity contribution in [1.82, 2.24) is 15.2 Å². The van der Waals surface area contributed by atoms with Gasteiger partial charge < -0.3 is 5.11 Å². The highest BCUT2D eigenvalue weighted by molar-refractivity contribution is 7.99. The lowest BCUT2D eigenvalue weighted by Gasteiger charge is -2.06. The van der Waals surface area contributed by atoms with Crippen molar-refractivity contribution in [1.29, 1.82) is 0 Å². The smallest absolute Gasteiger partial charge is 0.435 e.